The first-order valence-electron chi connectivity index (χ1n) is 12.9. The fourth-order valence-electron chi connectivity index (χ4n) is 3.90. The maximum absolute atomic E-state index is 13.0. The predicted octanol–water partition coefficient (Wildman–Crippen LogP) is 5.52. The molecule has 6 heteroatoms. The number of carbonyl (C=O) groups excluding carboxylic acids is 2. The molecule has 1 fully saturated rings. The van der Waals surface area contributed by atoms with Crippen LogP contribution >= 0.6 is 0 Å². The Hall–Kier alpha value is -3.02. The van der Waals surface area contributed by atoms with E-state index in [0.717, 1.165) is 30.8 Å². The van der Waals surface area contributed by atoms with Gasteiger partial charge in [-0.2, -0.15) is 0 Å². The average Bonchev–Trinajstić information content (AvgIpc) is 3.10. The molecular formula is C29H40N2O4. The van der Waals surface area contributed by atoms with Gasteiger partial charge in [-0.25, -0.2) is 0 Å². The number of benzene rings is 2. The van der Waals surface area contributed by atoms with Gasteiger partial charge in [0.05, 0.1) is 13.2 Å². The fourth-order valence-corrected chi connectivity index (χ4v) is 3.90. The highest BCUT2D eigenvalue weighted by molar-refractivity contribution is 5.95. The highest BCUT2D eigenvalue weighted by Crippen LogP contribution is 2.18. The summed E-state index contributed by atoms with van der Waals surface area (Å²) in [4.78, 5) is 29.8. The Bertz CT molecular complexity index is 861. The second-order valence-electron chi connectivity index (χ2n) is 10.0. The number of hydrogen-bond donors (Lipinski definition) is 0. The lowest BCUT2D eigenvalue weighted by molar-refractivity contribution is 0.0718. The lowest BCUT2D eigenvalue weighted by Crippen LogP contribution is -2.37. The molecule has 1 saturated heterocycles. The zero-order valence-electron chi connectivity index (χ0n) is 21.7. The van der Waals surface area contributed by atoms with Crippen LogP contribution < -0.4 is 9.47 Å². The van der Waals surface area contributed by atoms with Crippen molar-refractivity contribution in [1.29, 1.82) is 0 Å². The largest absolute Gasteiger partial charge is 0.494 e. The third kappa shape index (κ3) is 8.30. The first kappa shape index (κ1) is 26.6. The number of amides is 2. The van der Waals surface area contributed by atoms with Crippen LogP contribution in [0.15, 0.2) is 48.5 Å². The molecule has 1 aliphatic heterocycles. The fraction of sp³-hybridized carbons (Fsp3) is 0.517. The van der Waals surface area contributed by atoms with Crippen LogP contribution in [0.2, 0.25) is 0 Å². The summed E-state index contributed by atoms with van der Waals surface area (Å²) in [5, 5.41) is 0. The maximum atomic E-state index is 13.0. The highest BCUT2D eigenvalue weighted by atomic mass is 16.5. The van der Waals surface area contributed by atoms with Crippen molar-refractivity contribution in [3.05, 3.63) is 59.7 Å². The zero-order chi connectivity index (χ0) is 25.2. The number of rotatable bonds is 10. The summed E-state index contributed by atoms with van der Waals surface area (Å²) in [7, 11) is 0. The third-order valence-corrected chi connectivity index (χ3v) is 6.20. The summed E-state index contributed by atoms with van der Waals surface area (Å²) in [5.74, 6) is 2.75. The van der Waals surface area contributed by atoms with Crippen LogP contribution in [0.5, 0.6) is 11.5 Å². The minimum atomic E-state index is -0.00377. The number of carbonyl (C=O) groups is 2. The molecule has 0 bridgehead atoms. The molecule has 190 valence electrons. The normalized spacial score (nSPS) is 14.2. The van der Waals surface area contributed by atoms with Crippen LogP contribution in [-0.4, -0.2) is 61.0 Å². The van der Waals surface area contributed by atoms with Gasteiger partial charge in [0.2, 0.25) is 0 Å². The number of ether oxygens (including phenoxy) is 2. The molecule has 0 radical (unpaired) electrons. The van der Waals surface area contributed by atoms with E-state index in [2.05, 4.69) is 27.7 Å². The Morgan fingerprint density at radius 3 is 1.37 bits per heavy atom. The van der Waals surface area contributed by atoms with Gasteiger partial charge in [0.25, 0.3) is 11.8 Å². The van der Waals surface area contributed by atoms with Crippen LogP contribution in [-0.2, 0) is 0 Å². The summed E-state index contributed by atoms with van der Waals surface area (Å²) in [6, 6.07) is 14.7. The van der Waals surface area contributed by atoms with Gasteiger partial charge < -0.3 is 19.3 Å². The molecule has 0 saturated carbocycles. The first-order valence-corrected chi connectivity index (χ1v) is 12.9. The molecular weight excluding hydrogens is 440 g/mol. The monoisotopic (exact) mass is 480 g/mol. The van der Waals surface area contributed by atoms with Gasteiger partial charge in [-0.1, -0.05) is 27.7 Å². The summed E-state index contributed by atoms with van der Waals surface area (Å²) in [5.41, 5.74) is 1.29. The minimum Gasteiger partial charge on any atom is -0.494 e. The van der Waals surface area contributed by atoms with Crippen LogP contribution in [0.25, 0.3) is 0 Å². The minimum absolute atomic E-state index is 0.00377. The van der Waals surface area contributed by atoms with Gasteiger partial charge in [0.15, 0.2) is 0 Å². The van der Waals surface area contributed by atoms with Gasteiger partial charge in [-0.3, -0.25) is 9.59 Å². The van der Waals surface area contributed by atoms with Gasteiger partial charge in [-0.05, 0) is 79.6 Å². The van der Waals surface area contributed by atoms with E-state index >= 15 is 0 Å². The molecule has 0 spiro atoms. The molecule has 0 atom stereocenters. The summed E-state index contributed by atoms with van der Waals surface area (Å²) >= 11 is 0. The van der Waals surface area contributed by atoms with E-state index in [1.165, 1.54) is 0 Å². The van der Waals surface area contributed by atoms with Crippen LogP contribution in [0.3, 0.4) is 0 Å². The van der Waals surface area contributed by atoms with Crippen molar-refractivity contribution < 1.29 is 19.1 Å². The Kier molecular flexibility index (Phi) is 10.0. The van der Waals surface area contributed by atoms with Gasteiger partial charge in [0.1, 0.15) is 11.5 Å². The molecule has 1 aliphatic rings. The second kappa shape index (κ2) is 13.2. The smallest absolute Gasteiger partial charge is 0.253 e. The van der Waals surface area contributed by atoms with Crippen molar-refractivity contribution in [2.45, 2.75) is 47.0 Å². The van der Waals surface area contributed by atoms with Crippen molar-refractivity contribution in [3.63, 3.8) is 0 Å². The lowest BCUT2D eigenvalue weighted by Gasteiger charge is -2.22. The second-order valence-corrected chi connectivity index (χ2v) is 10.0. The molecule has 35 heavy (non-hydrogen) atoms. The Labute approximate surface area is 210 Å². The van der Waals surface area contributed by atoms with E-state index in [4.69, 9.17) is 9.47 Å². The quantitative estimate of drug-likeness (QED) is 0.449. The number of nitrogens with zero attached hydrogens (tertiary/aromatic N) is 2. The van der Waals surface area contributed by atoms with E-state index < -0.39 is 0 Å². The molecule has 3 rings (SSSR count). The molecule has 0 aromatic heterocycles. The molecule has 0 N–H and O–H groups in total. The molecule has 2 amide bonds. The molecule has 0 unspecified atom stereocenters. The summed E-state index contributed by atoms with van der Waals surface area (Å²) in [6.07, 6.45) is 2.75. The van der Waals surface area contributed by atoms with Crippen molar-refractivity contribution in [2.24, 2.45) is 11.8 Å². The first-order chi connectivity index (χ1) is 16.8. The predicted molar refractivity (Wildman–Crippen MR) is 139 cm³/mol. The van der Waals surface area contributed by atoms with Crippen molar-refractivity contribution in [3.8, 4) is 11.5 Å². The Morgan fingerprint density at radius 1 is 0.657 bits per heavy atom. The topological polar surface area (TPSA) is 59.1 Å². The maximum Gasteiger partial charge on any atom is 0.253 e. The Balaban J connectivity index is 1.51. The van der Waals surface area contributed by atoms with E-state index in [9.17, 15) is 9.59 Å². The van der Waals surface area contributed by atoms with Gasteiger partial charge in [-0.15, -0.1) is 0 Å². The van der Waals surface area contributed by atoms with Crippen LogP contribution in [0, 0.1) is 11.8 Å². The lowest BCUT2D eigenvalue weighted by atomic mass is 10.1. The van der Waals surface area contributed by atoms with E-state index in [1.807, 2.05) is 58.3 Å². The zero-order valence-corrected chi connectivity index (χ0v) is 21.7. The van der Waals surface area contributed by atoms with E-state index in [0.29, 0.717) is 62.4 Å². The molecule has 2 aromatic rings. The van der Waals surface area contributed by atoms with Gasteiger partial charge >= 0.3 is 0 Å². The summed E-state index contributed by atoms with van der Waals surface area (Å²) < 4.78 is 11.5. The molecule has 6 nitrogen and oxygen atoms in total. The Morgan fingerprint density at radius 2 is 1.03 bits per heavy atom. The van der Waals surface area contributed by atoms with E-state index in [-0.39, 0.29) is 11.8 Å². The SMILES string of the molecule is CC(C)CCOc1ccc(C(=O)N2CCCN(C(=O)c3ccc(OCCC(C)C)cc3)CC2)cc1. The van der Waals surface area contributed by atoms with Crippen molar-refractivity contribution in [1.82, 2.24) is 9.80 Å². The molecule has 2 aromatic carbocycles. The standard InChI is InChI=1S/C29H40N2O4/c1-22(2)14-20-34-26-10-6-24(7-11-26)28(32)30-16-5-17-31(19-18-30)29(33)25-8-12-27(13-9-25)35-21-15-23(3)4/h6-13,22-23H,5,14-21H2,1-4H3. The highest BCUT2D eigenvalue weighted by Gasteiger charge is 2.23. The molecule has 1 heterocycles. The molecule has 0 aliphatic carbocycles. The van der Waals surface area contributed by atoms with Crippen LogP contribution in [0.4, 0.5) is 0 Å². The third-order valence-electron chi connectivity index (χ3n) is 6.20. The van der Waals surface area contributed by atoms with Gasteiger partial charge in [0, 0.05) is 37.3 Å². The van der Waals surface area contributed by atoms with Crippen LogP contribution in [0.1, 0.15) is 67.7 Å². The summed E-state index contributed by atoms with van der Waals surface area (Å²) in [6.45, 7) is 12.3. The average molecular weight is 481 g/mol. The van der Waals surface area contributed by atoms with E-state index in [1.54, 1.807) is 0 Å². The number of hydrogen-bond acceptors (Lipinski definition) is 4. The van der Waals surface area contributed by atoms with Crippen molar-refractivity contribution >= 4 is 11.8 Å². The van der Waals surface area contributed by atoms with Crippen molar-refractivity contribution in [2.75, 3.05) is 39.4 Å².